The minimum Gasteiger partial charge on any atom is -0.322 e. The van der Waals surface area contributed by atoms with E-state index in [-0.39, 0.29) is 0 Å². The van der Waals surface area contributed by atoms with Gasteiger partial charge in [-0.1, -0.05) is 6.07 Å². The van der Waals surface area contributed by atoms with Crippen LogP contribution in [0.2, 0.25) is 0 Å². The number of aryl methyl sites for hydroxylation is 1. The highest BCUT2D eigenvalue weighted by molar-refractivity contribution is 7.11. The normalized spacial score (nSPS) is 10.8. The summed E-state index contributed by atoms with van der Waals surface area (Å²) in [6, 6.07) is 12.1. The summed E-state index contributed by atoms with van der Waals surface area (Å²) < 4.78 is 2.09. The SMILES string of the molecule is Cc1ccc(Cn2c(CCl)nc3c(C#N)cccc32)s1. The summed E-state index contributed by atoms with van der Waals surface area (Å²) in [4.78, 5) is 7.06. The lowest BCUT2D eigenvalue weighted by Gasteiger charge is -2.05. The molecular weight excluding hydrogens is 290 g/mol. The molecule has 0 fully saturated rings. The van der Waals surface area contributed by atoms with Gasteiger partial charge in [0.1, 0.15) is 17.4 Å². The zero-order valence-corrected chi connectivity index (χ0v) is 12.5. The van der Waals surface area contributed by atoms with Crippen molar-refractivity contribution in [2.24, 2.45) is 0 Å². The Bertz CT molecular complexity index is 810. The maximum absolute atomic E-state index is 9.17. The van der Waals surface area contributed by atoms with Crippen LogP contribution in [-0.2, 0) is 12.4 Å². The van der Waals surface area contributed by atoms with Crippen LogP contribution in [0.25, 0.3) is 11.0 Å². The highest BCUT2D eigenvalue weighted by Crippen LogP contribution is 2.24. The summed E-state index contributed by atoms with van der Waals surface area (Å²) in [6.45, 7) is 2.84. The molecule has 0 bridgehead atoms. The maximum atomic E-state index is 9.17. The Balaban J connectivity index is 2.16. The van der Waals surface area contributed by atoms with Gasteiger partial charge in [0, 0.05) is 9.75 Å². The second kappa shape index (κ2) is 5.28. The predicted molar refractivity (Wildman–Crippen MR) is 82.2 cm³/mol. The third-order valence-corrected chi connectivity index (χ3v) is 4.43. The van der Waals surface area contributed by atoms with Crippen molar-refractivity contribution >= 4 is 34.0 Å². The molecule has 0 atom stereocenters. The van der Waals surface area contributed by atoms with Crippen molar-refractivity contribution in [1.29, 1.82) is 5.26 Å². The van der Waals surface area contributed by atoms with E-state index in [4.69, 9.17) is 11.6 Å². The van der Waals surface area contributed by atoms with Gasteiger partial charge in [-0.2, -0.15) is 5.26 Å². The molecule has 0 amide bonds. The van der Waals surface area contributed by atoms with Crippen LogP contribution in [0.15, 0.2) is 30.3 Å². The van der Waals surface area contributed by atoms with Crippen molar-refractivity contribution in [2.45, 2.75) is 19.3 Å². The van der Waals surface area contributed by atoms with Crippen LogP contribution >= 0.6 is 22.9 Å². The molecule has 0 aliphatic rings. The number of fused-ring (bicyclic) bond motifs is 1. The Hall–Kier alpha value is -1.83. The fourth-order valence-electron chi connectivity index (χ4n) is 2.29. The molecule has 0 N–H and O–H groups in total. The quantitative estimate of drug-likeness (QED) is 0.684. The zero-order valence-electron chi connectivity index (χ0n) is 10.9. The molecule has 2 heterocycles. The van der Waals surface area contributed by atoms with Gasteiger partial charge in [0.05, 0.1) is 23.5 Å². The molecule has 0 aliphatic carbocycles. The highest BCUT2D eigenvalue weighted by atomic mass is 35.5. The summed E-state index contributed by atoms with van der Waals surface area (Å²) in [6.07, 6.45) is 0. The topological polar surface area (TPSA) is 41.6 Å². The van der Waals surface area contributed by atoms with Crippen LogP contribution in [0.5, 0.6) is 0 Å². The molecule has 0 saturated heterocycles. The van der Waals surface area contributed by atoms with E-state index in [0.29, 0.717) is 11.4 Å². The molecule has 20 heavy (non-hydrogen) atoms. The Morgan fingerprint density at radius 3 is 2.85 bits per heavy atom. The molecule has 2 aromatic heterocycles. The van der Waals surface area contributed by atoms with Crippen LogP contribution in [0.3, 0.4) is 0 Å². The van der Waals surface area contributed by atoms with E-state index in [1.165, 1.54) is 9.75 Å². The minimum absolute atomic E-state index is 0.337. The van der Waals surface area contributed by atoms with E-state index < -0.39 is 0 Å². The monoisotopic (exact) mass is 301 g/mol. The maximum Gasteiger partial charge on any atom is 0.125 e. The number of alkyl halides is 1. The molecule has 3 nitrogen and oxygen atoms in total. The Labute approximate surface area is 126 Å². The van der Waals surface area contributed by atoms with Crippen LogP contribution in [-0.4, -0.2) is 9.55 Å². The molecule has 0 saturated carbocycles. The first kappa shape index (κ1) is 13.2. The van der Waals surface area contributed by atoms with Crippen molar-refractivity contribution in [3.63, 3.8) is 0 Å². The molecule has 0 radical (unpaired) electrons. The number of hydrogen-bond donors (Lipinski definition) is 0. The Morgan fingerprint density at radius 2 is 2.20 bits per heavy atom. The summed E-state index contributed by atoms with van der Waals surface area (Å²) in [5, 5.41) is 9.17. The largest absolute Gasteiger partial charge is 0.322 e. The van der Waals surface area contributed by atoms with E-state index in [2.05, 4.69) is 34.7 Å². The second-order valence-corrected chi connectivity index (χ2v) is 6.18. The number of aromatic nitrogens is 2. The van der Waals surface area contributed by atoms with Crippen LogP contribution < -0.4 is 0 Å². The minimum atomic E-state index is 0.337. The fraction of sp³-hybridized carbons (Fsp3) is 0.200. The Morgan fingerprint density at radius 1 is 1.35 bits per heavy atom. The summed E-state index contributed by atoms with van der Waals surface area (Å²) in [5.41, 5.74) is 2.29. The number of nitriles is 1. The standard InChI is InChI=1S/C15H12ClN3S/c1-10-5-6-12(20-10)9-19-13-4-2-3-11(8-17)15(13)18-14(19)7-16/h2-6H,7,9H2,1H3. The molecule has 0 aliphatic heterocycles. The molecular formula is C15H12ClN3S. The number of nitrogens with zero attached hydrogens (tertiary/aromatic N) is 3. The van der Waals surface area contributed by atoms with Gasteiger partial charge in [-0.05, 0) is 31.2 Å². The first-order valence-electron chi connectivity index (χ1n) is 6.22. The van der Waals surface area contributed by atoms with E-state index in [9.17, 15) is 5.26 Å². The molecule has 5 heteroatoms. The van der Waals surface area contributed by atoms with Gasteiger partial charge in [-0.3, -0.25) is 0 Å². The number of rotatable bonds is 3. The number of thiophene rings is 1. The molecule has 0 unspecified atom stereocenters. The van der Waals surface area contributed by atoms with Crippen LogP contribution in [0, 0.1) is 18.3 Å². The van der Waals surface area contributed by atoms with Gasteiger partial charge in [0.25, 0.3) is 0 Å². The van der Waals surface area contributed by atoms with E-state index >= 15 is 0 Å². The van der Waals surface area contributed by atoms with Gasteiger partial charge >= 0.3 is 0 Å². The van der Waals surface area contributed by atoms with Gasteiger partial charge < -0.3 is 4.57 Å². The first-order valence-corrected chi connectivity index (χ1v) is 7.57. The van der Waals surface area contributed by atoms with E-state index in [1.54, 1.807) is 17.4 Å². The van der Waals surface area contributed by atoms with Crippen molar-refractivity contribution in [1.82, 2.24) is 9.55 Å². The Kier molecular flexibility index (Phi) is 3.47. The van der Waals surface area contributed by atoms with Gasteiger partial charge in [0.15, 0.2) is 0 Å². The third-order valence-electron chi connectivity index (χ3n) is 3.21. The van der Waals surface area contributed by atoms with Crippen molar-refractivity contribution in [3.05, 3.63) is 51.5 Å². The lowest BCUT2D eigenvalue weighted by molar-refractivity contribution is 0.789. The number of halogens is 1. The summed E-state index contributed by atoms with van der Waals surface area (Å²) >= 11 is 7.77. The summed E-state index contributed by atoms with van der Waals surface area (Å²) in [5.74, 6) is 1.14. The molecule has 0 spiro atoms. The molecule has 3 aromatic rings. The smallest absolute Gasteiger partial charge is 0.125 e. The van der Waals surface area contributed by atoms with Crippen LogP contribution in [0.4, 0.5) is 0 Å². The third kappa shape index (κ3) is 2.20. The average Bonchev–Trinajstić information content (AvgIpc) is 3.03. The average molecular weight is 302 g/mol. The number of benzene rings is 1. The molecule has 1 aromatic carbocycles. The van der Waals surface area contributed by atoms with Gasteiger partial charge in [-0.25, -0.2) is 4.98 Å². The lowest BCUT2D eigenvalue weighted by Crippen LogP contribution is -2.02. The number of imidazole rings is 1. The lowest BCUT2D eigenvalue weighted by atomic mass is 10.2. The number of para-hydroxylation sites is 1. The zero-order chi connectivity index (χ0) is 14.1. The predicted octanol–water partition coefficient (Wildman–Crippen LogP) is 4.07. The van der Waals surface area contributed by atoms with Crippen molar-refractivity contribution in [2.75, 3.05) is 0 Å². The molecule has 100 valence electrons. The molecule has 3 rings (SSSR count). The van der Waals surface area contributed by atoms with Gasteiger partial charge in [-0.15, -0.1) is 22.9 Å². The van der Waals surface area contributed by atoms with Crippen molar-refractivity contribution < 1.29 is 0 Å². The van der Waals surface area contributed by atoms with Gasteiger partial charge in [0.2, 0.25) is 0 Å². The van der Waals surface area contributed by atoms with E-state index in [0.717, 1.165) is 23.4 Å². The van der Waals surface area contributed by atoms with E-state index in [1.807, 2.05) is 12.1 Å². The van der Waals surface area contributed by atoms with Crippen molar-refractivity contribution in [3.8, 4) is 6.07 Å². The second-order valence-electron chi connectivity index (χ2n) is 4.55. The highest BCUT2D eigenvalue weighted by Gasteiger charge is 2.13. The summed E-state index contributed by atoms with van der Waals surface area (Å²) in [7, 11) is 0. The number of hydrogen-bond acceptors (Lipinski definition) is 3. The fourth-order valence-corrected chi connectivity index (χ4v) is 3.37. The van der Waals surface area contributed by atoms with Crippen LogP contribution in [0.1, 0.15) is 21.1 Å². The first-order chi connectivity index (χ1) is 9.72.